The molecule has 1 heterocycles. The fraction of sp³-hybridized carbons (Fsp3) is 0.188. The number of phenols is 1. The van der Waals surface area contributed by atoms with E-state index in [0.29, 0.717) is 13.1 Å². The normalized spacial score (nSPS) is 16.9. The number of fused-ring (bicyclic) bond motifs is 1. The number of carbonyl (C=O) groups excluding carboxylic acids is 1. The second-order valence-corrected chi connectivity index (χ2v) is 5.89. The number of aromatic hydroxyl groups is 1. The van der Waals surface area contributed by atoms with E-state index in [9.17, 15) is 9.90 Å². The highest BCUT2D eigenvalue weighted by molar-refractivity contribution is 9.10. The lowest BCUT2D eigenvalue weighted by Crippen LogP contribution is -2.24. The van der Waals surface area contributed by atoms with E-state index in [4.69, 9.17) is 5.73 Å². The third kappa shape index (κ3) is 2.32. The fourth-order valence-electron chi connectivity index (χ4n) is 2.87. The molecule has 0 saturated heterocycles. The number of rotatable bonds is 3. The Bertz CT molecular complexity index is 703. The van der Waals surface area contributed by atoms with E-state index < -0.39 is 0 Å². The van der Waals surface area contributed by atoms with Crippen molar-refractivity contribution in [2.75, 3.05) is 4.90 Å². The highest BCUT2D eigenvalue weighted by atomic mass is 79.9. The quantitative estimate of drug-likeness (QED) is 0.838. The Morgan fingerprint density at radius 3 is 2.90 bits per heavy atom. The minimum atomic E-state index is -0.347. The zero-order valence-electron chi connectivity index (χ0n) is 11.3. The van der Waals surface area contributed by atoms with Gasteiger partial charge in [-0.15, -0.1) is 0 Å². The number of hydrogen-bond acceptors (Lipinski definition) is 4. The monoisotopic (exact) mass is 346 g/mol. The van der Waals surface area contributed by atoms with Crippen molar-refractivity contribution in [3.8, 4) is 5.75 Å². The molecule has 108 valence electrons. The van der Waals surface area contributed by atoms with Crippen LogP contribution >= 0.6 is 15.9 Å². The molecule has 0 bridgehead atoms. The van der Waals surface area contributed by atoms with Crippen LogP contribution in [0.4, 0.5) is 5.69 Å². The fourth-order valence-corrected chi connectivity index (χ4v) is 3.39. The number of nitrogens with zero attached hydrogens (tertiary/aromatic N) is 1. The summed E-state index contributed by atoms with van der Waals surface area (Å²) in [4.78, 5) is 13.6. The Hall–Kier alpha value is -1.85. The van der Waals surface area contributed by atoms with Crippen LogP contribution in [0.3, 0.4) is 0 Å². The van der Waals surface area contributed by atoms with Crippen LogP contribution in [0.2, 0.25) is 0 Å². The maximum atomic E-state index is 11.6. The molecule has 5 heteroatoms. The summed E-state index contributed by atoms with van der Waals surface area (Å²) in [5, 5.41) is 9.62. The molecule has 3 rings (SSSR count). The van der Waals surface area contributed by atoms with Gasteiger partial charge in [-0.1, -0.05) is 28.1 Å². The first kappa shape index (κ1) is 14.1. The molecule has 3 N–H and O–H groups in total. The van der Waals surface area contributed by atoms with Gasteiger partial charge in [-0.2, -0.15) is 0 Å². The Labute approximate surface area is 131 Å². The lowest BCUT2D eigenvalue weighted by molar-refractivity contribution is -0.108. The van der Waals surface area contributed by atoms with Crippen LogP contribution in [0.25, 0.3) is 0 Å². The molecule has 0 saturated carbocycles. The van der Waals surface area contributed by atoms with Gasteiger partial charge in [0.05, 0.1) is 0 Å². The van der Waals surface area contributed by atoms with Gasteiger partial charge in [0.1, 0.15) is 18.1 Å². The molecule has 21 heavy (non-hydrogen) atoms. The van der Waals surface area contributed by atoms with Gasteiger partial charge < -0.3 is 20.5 Å². The average Bonchev–Trinajstić information content (AvgIpc) is 2.84. The molecule has 4 nitrogen and oxygen atoms in total. The first-order valence-electron chi connectivity index (χ1n) is 6.67. The molecule has 2 aromatic rings. The number of anilines is 1. The predicted molar refractivity (Wildman–Crippen MR) is 85.1 cm³/mol. The van der Waals surface area contributed by atoms with Crippen molar-refractivity contribution >= 4 is 27.9 Å². The van der Waals surface area contributed by atoms with Crippen molar-refractivity contribution in [1.82, 2.24) is 0 Å². The van der Waals surface area contributed by atoms with Gasteiger partial charge in [-0.05, 0) is 35.4 Å². The van der Waals surface area contributed by atoms with Crippen LogP contribution in [0.1, 0.15) is 22.7 Å². The molecular formula is C16H15BrN2O2. The van der Waals surface area contributed by atoms with Crippen molar-refractivity contribution in [3.05, 3.63) is 57.6 Å². The topological polar surface area (TPSA) is 66.6 Å². The number of hydrogen-bond donors (Lipinski definition) is 2. The van der Waals surface area contributed by atoms with E-state index in [1.165, 1.54) is 0 Å². The van der Waals surface area contributed by atoms with Crippen molar-refractivity contribution in [1.29, 1.82) is 0 Å². The first-order valence-corrected chi connectivity index (χ1v) is 7.46. The maximum Gasteiger partial charge on any atom is 0.147 e. The smallest absolute Gasteiger partial charge is 0.147 e. The van der Waals surface area contributed by atoms with Crippen LogP contribution in [0.5, 0.6) is 5.75 Å². The third-order valence-corrected chi connectivity index (χ3v) is 4.60. The van der Waals surface area contributed by atoms with Gasteiger partial charge >= 0.3 is 0 Å². The summed E-state index contributed by atoms with van der Waals surface area (Å²) in [5.41, 5.74) is 9.67. The SMILES string of the molecule is NCc1c(Br)cccc1N1Cc2cc(O)ccc2C1C=O. The van der Waals surface area contributed by atoms with Gasteiger partial charge in [-0.3, -0.25) is 0 Å². The van der Waals surface area contributed by atoms with E-state index in [1.807, 2.05) is 29.2 Å². The lowest BCUT2D eigenvalue weighted by atomic mass is 10.1. The summed E-state index contributed by atoms with van der Waals surface area (Å²) >= 11 is 3.51. The van der Waals surface area contributed by atoms with Crippen molar-refractivity contribution in [2.24, 2.45) is 5.73 Å². The summed E-state index contributed by atoms with van der Waals surface area (Å²) in [6.45, 7) is 0.969. The minimum absolute atomic E-state index is 0.216. The van der Waals surface area contributed by atoms with Crippen LogP contribution in [0, 0.1) is 0 Å². The molecule has 1 aliphatic heterocycles. The number of carbonyl (C=O) groups is 1. The number of phenolic OH excluding ortho intramolecular Hbond substituents is 1. The minimum Gasteiger partial charge on any atom is -0.508 e. The molecular weight excluding hydrogens is 332 g/mol. The molecule has 0 aliphatic carbocycles. The van der Waals surface area contributed by atoms with E-state index in [-0.39, 0.29) is 11.8 Å². The number of nitrogens with two attached hydrogens (primary N) is 1. The Kier molecular flexibility index (Phi) is 3.69. The number of halogens is 1. The Morgan fingerprint density at radius 2 is 2.19 bits per heavy atom. The van der Waals surface area contributed by atoms with Gasteiger partial charge in [0.25, 0.3) is 0 Å². The molecule has 0 aromatic heterocycles. The van der Waals surface area contributed by atoms with Crippen LogP contribution in [-0.2, 0) is 17.9 Å². The zero-order chi connectivity index (χ0) is 15.0. The van der Waals surface area contributed by atoms with Gasteiger partial charge in [-0.25, -0.2) is 0 Å². The van der Waals surface area contributed by atoms with Crippen LogP contribution in [-0.4, -0.2) is 11.4 Å². The lowest BCUT2D eigenvalue weighted by Gasteiger charge is -2.26. The maximum absolute atomic E-state index is 11.6. The van der Waals surface area contributed by atoms with E-state index in [1.54, 1.807) is 12.1 Å². The molecule has 0 radical (unpaired) electrons. The summed E-state index contributed by atoms with van der Waals surface area (Å²) in [7, 11) is 0. The Balaban J connectivity index is 2.09. The first-order chi connectivity index (χ1) is 10.2. The molecule has 1 aliphatic rings. The summed E-state index contributed by atoms with van der Waals surface area (Å²) in [5.74, 6) is 0.216. The molecule has 0 amide bonds. The Morgan fingerprint density at radius 1 is 1.38 bits per heavy atom. The van der Waals surface area contributed by atoms with Crippen LogP contribution in [0.15, 0.2) is 40.9 Å². The highest BCUT2D eigenvalue weighted by Crippen LogP contribution is 2.40. The summed E-state index contributed by atoms with van der Waals surface area (Å²) in [6.07, 6.45) is 0.935. The molecule has 0 fully saturated rings. The van der Waals surface area contributed by atoms with Crippen molar-refractivity contribution in [3.63, 3.8) is 0 Å². The number of benzene rings is 2. The zero-order valence-corrected chi connectivity index (χ0v) is 12.9. The summed E-state index contributed by atoms with van der Waals surface area (Å²) < 4.78 is 0.936. The van der Waals surface area contributed by atoms with Gasteiger partial charge in [0.2, 0.25) is 0 Å². The second-order valence-electron chi connectivity index (χ2n) is 5.03. The van der Waals surface area contributed by atoms with Crippen molar-refractivity contribution in [2.45, 2.75) is 19.1 Å². The molecule has 0 spiro atoms. The van der Waals surface area contributed by atoms with Crippen molar-refractivity contribution < 1.29 is 9.90 Å². The second kappa shape index (κ2) is 5.50. The predicted octanol–water partition coefficient (Wildman–Crippen LogP) is 2.87. The van der Waals surface area contributed by atoms with E-state index in [0.717, 1.165) is 33.1 Å². The molecule has 2 aromatic carbocycles. The largest absolute Gasteiger partial charge is 0.508 e. The molecule has 1 unspecified atom stereocenters. The van der Waals surface area contributed by atoms with Crippen LogP contribution < -0.4 is 10.6 Å². The van der Waals surface area contributed by atoms with Gasteiger partial charge in [0, 0.05) is 28.8 Å². The third-order valence-electron chi connectivity index (χ3n) is 3.86. The highest BCUT2D eigenvalue weighted by Gasteiger charge is 2.31. The number of aldehydes is 1. The standard InChI is InChI=1S/C16H15BrN2O2/c17-14-2-1-3-15(13(14)7-18)19-8-10-6-11(21)4-5-12(10)16(19)9-20/h1-6,9,16,21H,7-8,18H2. The van der Waals surface area contributed by atoms with E-state index in [2.05, 4.69) is 15.9 Å². The average molecular weight is 347 g/mol. The summed E-state index contributed by atoms with van der Waals surface area (Å²) in [6, 6.07) is 10.6. The van der Waals surface area contributed by atoms with Gasteiger partial charge in [0.15, 0.2) is 0 Å². The van der Waals surface area contributed by atoms with E-state index >= 15 is 0 Å². The molecule has 1 atom stereocenters.